The number of nitrogens with one attached hydrogen (secondary N) is 3. The van der Waals surface area contributed by atoms with Gasteiger partial charge in [-0.2, -0.15) is 18.4 Å². The molecule has 4 unspecified atom stereocenters. The highest BCUT2D eigenvalue weighted by Crippen LogP contribution is 2.43. The summed E-state index contributed by atoms with van der Waals surface area (Å²) >= 11 is 4.74. The molecule has 1 aliphatic carbocycles. The van der Waals surface area contributed by atoms with E-state index in [1.807, 2.05) is 11.0 Å². The third-order valence-corrected chi connectivity index (χ3v) is 12.4. The van der Waals surface area contributed by atoms with Crippen LogP contribution in [0.1, 0.15) is 96.7 Å². The molecule has 1 saturated carbocycles. The lowest BCUT2D eigenvalue weighted by Gasteiger charge is -2.43. The summed E-state index contributed by atoms with van der Waals surface area (Å²) in [6.07, 6.45) is 2.87. The Kier molecular flexibility index (Phi) is 12.9. The lowest BCUT2D eigenvalue weighted by molar-refractivity contribution is -0.138. The van der Waals surface area contributed by atoms with E-state index in [0.717, 1.165) is 57.2 Å². The predicted octanol–water partition coefficient (Wildman–Crippen LogP) is 5.68. The fraction of sp³-hybridized carbons (Fsp3) is 0.600. The van der Waals surface area contributed by atoms with Gasteiger partial charge in [-0.05, 0) is 109 Å². The van der Waals surface area contributed by atoms with Gasteiger partial charge in [0.05, 0.1) is 35.6 Å². The lowest BCUT2D eigenvalue weighted by Crippen LogP contribution is -2.52. The fourth-order valence-electron chi connectivity index (χ4n) is 9.00. The summed E-state index contributed by atoms with van der Waals surface area (Å²) in [6.45, 7) is 8.68. The van der Waals surface area contributed by atoms with Crippen molar-refractivity contribution in [1.29, 1.82) is 5.26 Å². The van der Waals surface area contributed by atoms with E-state index >= 15 is 0 Å². The second kappa shape index (κ2) is 17.3. The Balaban J connectivity index is 0.942. The maximum Gasteiger partial charge on any atom is 0.419 e. The molecule has 4 aliphatic rings. The summed E-state index contributed by atoms with van der Waals surface area (Å²) in [5.41, 5.74) is -2.54. The number of carbonyl (C=O) groups excluding carboxylic acids is 4. The third-order valence-electron chi connectivity index (χ3n) is 11.9. The van der Waals surface area contributed by atoms with Gasteiger partial charge in [-0.3, -0.25) is 39.2 Å². The number of carbonyl (C=O) groups is 4. The van der Waals surface area contributed by atoms with E-state index in [9.17, 15) is 32.3 Å². The molecular weight excluding hydrogens is 762 g/mol. The number of hydrogen-bond donors (Lipinski definition) is 4. The van der Waals surface area contributed by atoms with Crippen molar-refractivity contribution in [1.82, 2.24) is 20.1 Å². The van der Waals surface area contributed by atoms with Crippen LogP contribution in [0.5, 0.6) is 0 Å². The van der Waals surface area contributed by atoms with E-state index in [2.05, 4.69) is 39.7 Å². The molecule has 0 radical (unpaired) electrons. The number of nitriles is 1. The van der Waals surface area contributed by atoms with Gasteiger partial charge in [-0.1, -0.05) is 6.07 Å². The van der Waals surface area contributed by atoms with Gasteiger partial charge in [0.2, 0.25) is 23.6 Å². The molecule has 4 heterocycles. The molecule has 3 saturated heterocycles. The molecule has 4 fully saturated rings. The van der Waals surface area contributed by atoms with Crippen LogP contribution >= 0.6 is 12.6 Å². The van der Waals surface area contributed by atoms with E-state index in [0.29, 0.717) is 30.3 Å². The van der Waals surface area contributed by atoms with E-state index < -0.39 is 34.5 Å². The van der Waals surface area contributed by atoms with Crippen molar-refractivity contribution < 1.29 is 37.1 Å². The number of hydrogen-bond acceptors (Lipinski definition) is 11. The van der Waals surface area contributed by atoms with Gasteiger partial charge >= 0.3 is 6.18 Å². The zero-order chi connectivity index (χ0) is 41.2. The van der Waals surface area contributed by atoms with E-state index in [4.69, 9.17) is 22.6 Å². The molecule has 308 valence electrons. The number of thiol groups is 1. The quantitative estimate of drug-likeness (QED) is 0.164. The first-order valence-corrected chi connectivity index (χ1v) is 20.1. The van der Waals surface area contributed by atoms with Crippen LogP contribution in [0.25, 0.3) is 0 Å². The zero-order valence-corrected chi connectivity index (χ0v) is 33.5. The SMILES string of the molecule is CC1CC(CCOC2CCC(N3C(S)N(c4cnc(C#N)c(C(F)(F)F)c4)C(=O)C3(C)C)CC2)CC(C)N1CC(=O)Nc1cccc(NC2CCC(=O)NC2=O)c1. The number of likely N-dealkylation sites (tertiary alicyclic amines) is 1. The highest BCUT2D eigenvalue weighted by molar-refractivity contribution is 7.81. The van der Waals surface area contributed by atoms with Gasteiger partial charge in [-0.25, -0.2) is 4.98 Å². The summed E-state index contributed by atoms with van der Waals surface area (Å²) < 4.78 is 47.5. The Hall–Kier alpha value is -4.24. The molecule has 0 bridgehead atoms. The third kappa shape index (κ3) is 9.56. The van der Waals surface area contributed by atoms with Crippen molar-refractivity contribution in [3.63, 3.8) is 0 Å². The fourth-order valence-corrected chi connectivity index (χ4v) is 9.72. The van der Waals surface area contributed by atoms with Crippen LogP contribution in [0.4, 0.5) is 30.2 Å². The molecule has 3 aliphatic heterocycles. The number of aromatic nitrogens is 1. The molecule has 4 amide bonds. The first-order chi connectivity index (χ1) is 27.0. The van der Waals surface area contributed by atoms with Crippen LogP contribution in [0, 0.1) is 17.2 Å². The number of amides is 4. The van der Waals surface area contributed by atoms with E-state index in [1.165, 1.54) is 11.0 Å². The Labute approximate surface area is 336 Å². The van der Waals surface area contributed by atoms with Crippen LogP contribution < -0.4 is 20.9 Å². The van der Waals surface area contributed by atoms with E-state index in [1.54, 1.807) is 32.0 Å². The van der Waals surface area contributed by atoms with Crippen molar-refractivity contribution in [3.8, 4) is 6.07 Å². The summed E-state index contributed by atoms with van der Waals surface area (Å²) in [4.78, 5) is 59.6. The molecular formula is C40H51F3N8O5S. The second-order valence-corrected chi connectivity index (χ2v) is 16.7. The Morgan fingerprint density at radius 2 is 1.75 bits per heavy atom. The van der Waals surface area contributed by atoms with Gasteiger partial charge in [0.1, 0.15) is 17.6 Å². The molecule has 3 N–H and O–H groups in total. The topological polar surface area (TPSA) is 160 Å². The van der Waals surface area contributed by atoms with Crippen LogP contribution in [0.15, 0.2) is 36.5 Å². The molecule has 4 atom stereocenters. The number of anilines is 3. The molecule has 13 nitrogen and oxygen atoms in total. The number of rotatable bonds is 11. The highest BCUT2D eigenvalue weighted by atomic mass is 32.1. The molecule has 2 aromatic rings. The van der Waals surface area contributed by atoms with Gasteiger partial charge in [0, 0.05) is 42.5 Å². The van der Waals surface area contributed by atoms with Crippen LogP contribution in [0.2, 0.25) is 0 Å². The second-order valence-electron chi connectivity index (χ2n) is 16.3. The molecule has 1 aromatic carbocycles. The molecule has 17 heteroatoms. The zero-order valence-electron chi connectivity index (χ0n) is 32.6. The monoisotopic (exact) mass is 812 g/mol. The standard InChI is InChI=1S/C40H51F3N8O5S/c1-23-16-25(17-24(2)49(23)22-35(53)47-27-7-5-6-26(18-27)46-32-12-13-34(52)48-36(32)54)14-15-56-30-10-8-28(9-11-30)51-38(57)50(37(55)39(51,3)4)29-19-31(40(41,42)43)33(20-44)45-21-29/h5-7,18-19,21,23-25,28,30,32,38,46,57H,8-17,22H2,1-4H3,(H,47,53)(H,48,52,54). The van der Waals surface area contributed by atoms with Gasteiger partial charge in [0.15, 0.2) is 5.69 Å². The minimum Gasteiger partial charge on any atom is -0.378 e. The van der Waals surface area contributed by atoms with Gasteiger partial charge in [0.25, 0.3) is 0 Å². The minimum absolute atomic E-state index is 0.0357. The number of ether oxygens (including phenoxy) is 1. The molecule has 57 heavy (non-hydrogen) atoms. The minimum atomic E-state index is -4.81. The Morgan fingerprint density at radius 1 is 1.07 bits per heavy atom. The Morgan fingerprint density at radius 3 is 2.40 bits per heavy atom. The molecule has 6 rings (SSSR count). The van der Waals surface area contributed by atoms with Crippen LogP contribution in [-0.4, -0.2) is 92.9 Å². The first kappa shape index (κ1) is 42.4. The van der Waals surface area contributed by atoms with Crippen molar-refractivity contribution in [2.45, 2.75) is 133 Å². The predicted molar refractivity (Wildman–Crippen MR) is 210 cm³/mol. The number of nitrogens with zero attached hydrogens (tertiary/aromatic N) is 5. The number of halogens is 3. The van der Waals surface area contributed by atoms with Crippen molar-refractivity contribution in [3.05, 3.63) is 47.8 Å². The van der Waals surface area contributed by atoms with Crippen molar-refractivity contribution >= 4 is 53.3 Å². The summed E-state index contributed by atoms with van der Waals surface area (Å²) in [5.74, 6) is -0.695. The van der Waals surface area contributed by atoms with Crippen molar-refractivity contribution in [2.24, 2.45) is 5.92 Å². The van der Waals surface area contributed by atoms with Gasteiger partial charge in [-0.15, -0.1) is 12.6 Å². The van der Waals surface area contributed by atoms with Crippen LogP contribution in [0.3, 0.4) is 0 Å². The number of alkyl halides is 3. The van der Waals surface area contributed by atoms with Gasteiger partial charge < -0.3 is 15.4 Å². The maximum atomic E-state index is 13.7. The highest BCUT2D eigenvalue weighted by Gasteiger charge is 2.54. The summed E-state index contributed by atoms with van der Waals surface area (Å²) in [7, 11) is 0. The normalized spacial score (nSPS) is 28.5. The number of piperidine rings is 2. The first-order valence-electron chi connectivity index (χ1n) is 19.6. The summed E-state index contributed by atoms with van der Waals surface area (Å²) in [6, 6.07) is 9.31. The average molecular weight is 813 g/mol. The lowest BCUT2D eigenvalue weighted by atomic mass is 9.85. The maximum absolute atomic E-state index is 13.7. The Bertz CT molecular complexity index is 1870. The largest absolute Gasteiger partial charge is 0.419 e. The molecule has 1 aromatic heterocycles. The summed E-state index contributed by atoms with van der Waals surface area (Å²) in [5, 5.41) is 17.6. The average Bonchev–Trinajstić information content (AvgIpc) is 3.32. The number of benzene rings is 1. The smallest absolute Gasteiger partial charge is 0.378 e. The van der Waals surface area contributed by atoms with E-state index in [-0.39, 0.29) is 66.5 Å². The van der Waals surface area contributed by atoms with Crippen LogP contribution in [-0.2, 0) is 30.1 Å². The van der Waals surface area contributed by atoms with Crippen molar-refractivity contribution in [2.75, 3.05) is 28.7 Å². The number of imide groups is 1. The molecule has 0 spiro atoms. The number of pyridine rings is 1.